The van der Waals surface area contributed by atoms with Crippen molar-refractivity contribution >= 4 is 11.3 Å². The first-order chi connectivity index (χ1) is 9.31. The van der Waals surface area contributed by atoms with Crippen LogP contribution < -0.4 is 10.1 Å². The molecule has 1 atom stereocenters. The Bertz CT molecular complexity index is 464. The SMILES string of the molecule is CNC(CCc1ccsc1)Cc1ccc(OC)cc1. The quantitative estimate of drug-likeness (QED) is 0.835. The van der Waals surface area contributed by atoms with Gasteiger partial charge in [-0.05, 0) is 66.4 Å². The third-order valence-electron chi connectivity index (χ3n) is 3.41. The lowest BCUT2D eigenvalue weighted by Gasteiger charge is -2.16. The molecule has 2 rings (SSSR count). The summed E-state index contributed by atoms with van der Waals surface area (Å²) in [6, 6.07) is 11.1. The molecule has 102 valence electrons. The van der Waals surface area contributed by atoms with Gasteiger partial charge in [0.2, 0.25) is 0 Å². The molecule has 0 aliphatic heterocycles. The Morgan fingerprint density at radius 3 is 2.53 bits per heavy atom. The van der Waals surface area contributed by atoms with Crippen LogP contribution in [0, 0.1) is 0 Å². The number of hydrogen-bond donors (Lipinski definition) is 1. The maximum atomic E-state index is 5.18. The van der Waals surface area contributed by atoms with E-state index in [9.17, 15) is 0 Å². The highest BCUT2D eigenvalue weighted by Crippen LogP contribution is 2.15. The molecule has 0 saturated heterocycles. The molecule has 0 aliphatic carbocycles. The zero-order valence-corrected chi connectivity index (χ0v) is 12.4. The predicted octanol–water partition coefficient (Wildman–Crippen LogP) is 3.52. The average molecular weight is 275 g/mol. The zero-order valence-electron chi connectivity index (χ0n) is 11.6. The van der Waals surface area contributed by atoms with Gasteiger partial charge in [0.1, 0.15) is 5.75 Å². The Hall–Kier alpha value is -1.32. The Morgan fingerprint density at radius 1 is 1.16 bits per heavy atom. The lowest BCUT2D eigenvalue weighted by Crippen LogP contribution is -2.28. The van der Waals surface area contributed by atoms with Gasteiger partial charge in [-0.3, -0.25) is 0 Å². The van der Waals surface area contributed by atoms with Gasteiger partial charge in [-0.1, -0.05) is 12.1 Å². The summed E-state index contributed by atoms with van der Waals surface area (Å²) in [5, 5.41) is 7.80. The molecule has 1 aromatic heterocycles. The molecule has 1 aromatic carbocycles. The first-order valence-electron chi connectivity index (χ1n) is 6.63. The molecule has 1 unspecified atom stereocenters. The van der Waals surface area contributed by atoms with Crippen molar-refractivity contribution in [1.29, 1.82) is 0 Å². The summed E-state index contributed by atoms with van der Waals surface area (Å²) in [6.45, 7) is 0. The van der Waals surface area contributed by atoms with Gasteiger partial charge >= 0.3 is 0 Å². The second-order valence-corrected chi connectivity index (χ2v) is 5.49. The molecule has 0 aliphatic rings. The fraction of sp³-hybridized carbons (Fsp3) is 0.375. The number of benzene rings is 1. The molecule has 3 heteroatoms. The minimum Gasteiger partial charge on any atom is -0.497 e. The first-order valence-corrected chi connectivity index (χ1v) is 7.57. The Labute approximate surface area is 119 Å². The number of thiophene rings is 1. The number of hydrogen-bond acceptors (Lipinski definition) is 3. The molecule has 0 fully saturated rings. The van der Waals surface area contributed by atoms with Crippen LogP contribution in [0.15, 0.2) is 41.1 Å². The molecule has 2 aromatic rings. The van der Waals surface area contributed by atoms with E-state index < -0.39 is 0 Å². The van der Waals surface area contributed by atoms with Crippen LogP contribution in [0.2, 0.25) is 0 Å². The van der Waals surface area contributed by atoms with Gasteiger partial charge in [-0.25, -0.2) is 0 Å². The summed E-state index contributed by atoms with van der Waals surface area (Å²) in [7, 11) is 3.74. The van der Waals surface area contributed by atoms with Crippen molar-refractivity contribution in [1.82, 2.24) is 5.32 Å². The Balaban J connectivity index is 1.87. The van der Waals surface area contributed by atoms with E-state index in [4.69, 9.17) is 4.74 Å². The summed E-state index contributed by atoms with van der Waals surface area (Å²) in [5.41, 5.74) is 2.80. The second-order valence-electron chi connectivity index (χ2n) is 4.71. The molecule has 0 amide bonds. The molecular weight excluding hydrogens is 254 g/mol. The van der Waals surface area contributed by atoms with Crippen LogP contribution in [0.5, 0.6) is 5.75 Å². The average Bonchev–Trinajstić information content (AvgIpc) is 2.97. The van der Waals surface area contributed by atoms with Gasteiger partial charge in [0.25, 0.3) is 0 Å². The van der Waals surface area contributed by atoms with Crippen LogP contribution in [0.1, 0.15) is 17.5 Å². The van der Waals surface area contributed by atoms with Crippen molar-refractivity contribution in [3.8, 4) is 5.75 Å². The molecule has 19 heavy (non-hydrogen) atoms. The number of likely N-dealkylation sites (N-methyl/N-ethyl adjacent to an activating group) is 1. The highest BCUT2D eigenvalue weighted by Gasteiger charge is 2.08. The lowest BCUT2D eigenvalue weighted by molar-refractivity contribution is 0.414. The molecule has 2 nitrogen and oxygen atoms in total. The van der Waals surface area contributed by atoms with Crippen LogP contribution >= 0.6 is 11.3 Å². The van der Waals surface area contributed by atoms with E-state index in [0.717, 1.165) is 18.6 Å². The van der Waals surface area contributed by atoms with Gasteiger partial charge in [0.05, 0.1) is 7.11 Å². The van der Waals surface area contributed by atoms with Crippen LogP contribution in [0.3, 0.4) is 0 Å². The van der Waals surface area contributed by atoms with Crippen LogP contribution in [0.4, 0.5) is 0 Å². The Morgan fingerprint density at radius 2 is 1.95 bits per heavy atom. The smallest absolute Gasteiger partial charge is 0.118 e. The minimum absolute atomic E-state index is 0.522. The summed E-state index contributed by atoms with van der Waals surface area (Å²) < 4.78 is 5.18. The largest absolute Gasteiger partial charge is 0.497 e. The highest BCUT2D eigenvalue weighted by atomic mass is 32.1. The normalized spacial score (nSPS) is 12.3. The van der Waals surface area contributed by atoms with Gasteiger partial charge in [-0.15, -0.1) is 0 Å². The van der Waals surface area contributed by atoms with E-state index in [1.807, 2.05) is 19.2 Å². The topological polar surface area (TPSA) is 21.3 Å². The number of rotatable bonds is 7. The van der Waals surface area contributed by atoms with E-state index in [1.54, 1.807) is 18.4 Å². The monoisotopic (exact) mass is 275 g/mol. The number of aryl methyl sites for hydroxylation is 1. The van der Waals surface area contributed by atoms with E-state index in [-0.39, 0.29) is 0 Å². The molecule has 0 bridgehead atoms. The molecular formula is C16H21NOS. The fourth-order valence-electron chi connectivity index (χ4n) is 2.17. The van der Waals surface area contributed by atoms with Crippen LogP contribution in [-0.2, 0) is 12.8 Å². The van der Waals surface area contributed by atoms with Crippen molar-refractivity contribution in [2.45, 2.75) is 25.3 Å². The van der Waals surface area contributed by atoms with Gasteiger partial charge < -0.3 is 10.1 Å². The summed E-state index contributed by atoms with van der Waals surface area (Å²) in [4.78, 5) is 0. The second kappa shape index (κ2) is 7.31. The third kappa shape index (κ3) is 4.37. The Kier molecular flexibility index (Phi) is 5.43. The molecule has 0 radical (unpaired) electrons. The first kappa shape index (κ1) is 14.1. The standard InChI is InChI=1S/C16H21NOS/c1-17-15(6-3-14-9-10-19-12-14)11-13-4-7-16(18-2)8-5-13/h4-5,7-10,12,15,17H,3,6,11H2,1-2H3. The fourth-order valence-corrected chi connectivity index (χ4v) is 2.87. The van der Waals surface area contributed by atoms with Gasteiger partial charge in [0, 0.05) is 6.04 Å². The van der Waals surface area contributed by atoms with Crippen molar-refractivity contribution in [3.63, 3.8) is 0 Å². The van der Waals surface area contributed by atoms with Crippen molar-refractivity contribution in [2.24, 2.45) is 0 Å². The number of methoxy groups -OCH3 is 1. The van der Waals surface area contributed by atoms with E-state index in [2.05, 4.69) is 34.3 Å². The molecule has 0 saturated carbocycles. The van der Waals surface area contributed by atoms with Crippen LogP contribution in [0.25, 0.3) is 0 Å². The number of nitrogens with one attached hydrogen (secondary N) is 1. The summed E-state index contributed by atoms with van der Waals surface area (Å²) >= 11 is 1.77. The van der Waals surface area contributed by atoms with Crippen molar-refractivity contribution < 1.29 is 4.74 Å². The zero-order chi connectivity index (χ0) is 13.5. The molecule has 1 N–H and O–H groups in total. The lowest BCUT2D eigenvalue weighted by atomic mass is 10.0. The van der Waals surface area contributed by atoms with Crippen LogP contribution in [-0.4, -0.2) is 20.2 Å². The molecule has 1 heterocycles. The van der Waals surface area contributed by atoms with Gasteiger partial charge in [-0.2, -0.15) is 11.3 Å². The number of ether oxygens (including phenoxy) is 1. The van der Waals surface area contributed by atoms with Gasteiger partial charge in [0.15, 0.2) is 0 Å². The minimum atomic E-state index is 0.522. The van der Waals surface area contributed by atoms with Crippen molar-refractivity contribution in [2.75, 3.05) is 14.2 Å². The summed E-state index contributed by atoms with van der Waals surface area (Å²) in [5.74, 6) is 0.919. The third-order valence-corrected chi connectivity index (χ3v) is 4.14. The summed E-state index contributed by atoms with van der Waals surface area (Å²) in [6.07, 6.45) is 3.37. The van der Waals surface area contributed by atoms with Crippen molar-refractivity contribution in [3.05, 3.63) is 52.2 Å². The molecule has 0 spiro atoms. The van der Waals surface area contributed by atoms with E-state index in [1.165, 1.54) is 17.5 Å². The maximum absolute atomic E-state index is 5.18. The highest BCUT2D eigenvalue weighted by molar-refractivity contribution is 7.07. The van der Waals surface area contributed by atoms with E-state index in [0.29, 0.717) is 6.04 Å². The maximum Gasteiger partial charge on any atom is 0.118 e. The predicted molar refractivity (Wildman–Crippen MR) is 82.2 cm³/mol. The van der Waals surface area contributed by atoms with E-state index >= 15 is 0 Å².